The first-order chi connectivity index (χ1) is 10.8. The Hall–Kier alpha value is -2.21. The van der Waals surface area contributed by atoms with Gasteiger partial charge in [0.1, 0.15) is 5.82 Å². The minimum absolute atomic E-state index is 0.393. The zero-order valence-corrected chi connectivity index (χ0v) is 12.7. The number of nitrogens with zero attached hydrogens (tertiary/aromatic N) is 4. The van der Waals surface area contributed by atoms with Gasteiger partial charge >= 0.3 is 6.01 Å². The second kappa shape index (κ2) is 7.17. The van der Waals surface area contributed by atoms with Gasteiger partial charge in [-0.15, -0.1) is 0 Å². The summed E-state index contributed by atoms with van der Waals surface area (Å²) in [5.74, 6) is 1.34. The van der Waals surface area contributed by atoms with Crippen LogP contribution in [0.5, 0.6) is 6.01 Å². The number of anilines is 1. The smallest absolute Gasteiger partial charge is 0.321 e. The fourth-order valence-electron chi connectivity index (χ4n) is 2.32. The molecule has 0 saturated carbocycles. The van der Waals surface area contributed by atoms with Gasteiger partial charge in [0.05, 0.1) is 19.8 Å². The van der Waals surface area contributed by atoms with Crippen molar-refractivity contribution >= 4 is 5.95 Å². The molecule has 6 nitrogen and oxygen atoms in total. The average Bonchev–Trinajstić information content (AvgIpc) is 2.56. The monoisotopic (exact) mass is 300 g/mol. The van der Waals surface area contributed by atoms with Gasteiger partial charge in [-0.05, 0) is 12.5 Å². The third-order valence-corrected chi connectivity index (χ3v) is 3.47. The molecular formula is C16H20N4O2. The van der Waals surface area contributed by atoms with Gasteiger partial charge in [-0.1, -0.05) is 30.3 Å². The first-order valence-electron chi connectivity index (χ1n) is 7.53. The maximum absolute atomic E-state index is 5.70. The van der Waals surface area contributed by atoms with Crippen molar-refractivity contribution in [3.8, 4) is 6.01 Å². The van der Waals surface area contributed by atoms with Gasteiger partial charge < -0.3 is 14.4 Å². The molecule has 0 amide bonds. The average molecular weight is 300 g/mol. The van der Waals surface area contributed by atoms with E-state index in [1.165, 1.54) is 5.56 Å². The summed E-state index contributed by atoms with van der Waals surface area (Å²) in [6.07, 6.45) is 0.832. The molecule has 2 aromatic rings. The van der Waals surface area contributed by atoms with Crippen LogP contribution >= 0.6 is 0 Å². The highest BCUT2D eigenvalue weighted by Crippen LogP contribution is 2.14. The van der Waals surface area contributed by atoms with Crippen molar-refractivity contribution in [3.63, 3.8) is 0 Å². The maximum Gasteiger partial charge on any atom is 0.321 e. The number of hydrogen-bond acceptors (Lipinski definition) is 6. The Morgan fingerprint density at radius 3 is 2.64 bits per heavy atom. The van der Waals surface area contributed by atoms with E-state index in [2.05, 4.69) is 32.0 Å². The Labute approximate surface area is 130 Å². The Balaban J connectivity index is 1.62. The molecule has 1 aliphatic rings. The lowest BCUT2D eigenvalue weighted by molar-refractivity contribution is 0.122. The Bertz CT molecular complexity index is 600. The van der Waals surface area contributed by atoms with Crippen LogP contribution in [0, 0.1) is 6.92 Å². The van der Waals surface area contributed by atoms with Crippen molar-refractivity contribution in [3.05, 3.63) is 41.7 Å². The molecule has 3 rings (SSSR count). The maximum atomic E-state index is 5.70. The lowest BCUT2D eigenvalue weighted by Gasteiger charge is -2.26. The Morgan fingerprint density at radius 1 is 1.09 bits per heavy atom. The summed E-state index contributed by atoms with van der Waals surface area (Å²) in [6, 6.07) is 10.6. The van der Waals surface area contributed by atoms with Crippen LogP contribution in [0.25, 0.3) is 0 Å². The summed E-state index contributed by atoms with van der Waals surface area (Å²) in [4.78, 5) is 15.2. The second-order valence-electron chi connectivity index (χ2n) is 5.15. The molecule has 116 valence electrons. The molecule has 0 aliphatic carbocycles. The highest BCUT2D eigenvalue weighted by Gasteiger charge is 2.16. The van der Waals surface area contributed by atoms with Crippen molar-refractivity contribution < 1.29 is 9.47 Å². The van der Waals surface area contributed by atoms with Crippen LogP contribution in [0.1, 0.15) is 11.4 Å². The zero-order valence-electron chi connectivity index (χ0n) is 12.7. The Kier molecular flexibility index (Phi) is 4.80. The van der Waals surface area contributed by atoms with Gasteiger partial charge in [-0.3, -0.25) is 0 Å². The first kappa shape index (κ1) is 14.7. The summed E-state index contributed by atoms with van der Waals surface area (Å²) in [6.45, 7) is 5.41. The molecule has 22 heavy (non-hydrogen) atoms. The normalized spacial score (nSPS) is 14.9. The number of rotatable bonds is 5. The van der Waals surface area contributed by atoms with Crippen LogP contribution in [-0.2, 0) is 11.2 Å². The molecule has 0 bridgehead atoms. The fraction of sp³-hybridized carbons (Fsp3) is 0.438. The molecule has 1 fully saturated rings. The van der Waals surface area contributed by atoms with E-state index in [-0.39, 0.29) is 0 Å². The number of benzene rings is 1. The number of aryl methyl sites for hydroxylation is 1. The van der Waals surface area contributed by atoms with E-state index in [1.54, 1.807) is 0 Å². The van der Waals surface area contributed by atoms with E-state index < -0.39 is 0 Å². The van der Waals surface area contributed by atoms with Crippen molar-refractivity contribution in [1.29, 1.82) is 0 Å². The van der Waals surface area contributed by atoms with E-state index in [9.17, 15) is 0 Å². The molecular weight excluding hydrogens is 280 g/mol. The predicted molar refractivity (Wildman–Crippen MR) is 83.2 cm³/mol. The molecule has 1 aromatic carbocycles. The first-order valence-corrected chi connectivity index (χ1v) is 7.53. The minimum atomic E-state index is 0.393. The highest BCUT2D eigenvalue weighted by molar-refractivity contribution is 5.31. The molecule has 1 saturated heterocycles. The third-order valence-electron chi connectivity index (χ3n) is 3.47. The molecule has 1 aliphatic heterocycles. The van der Waals surface area contributed by atoms with Crippen LogP contribution < -0.4 is 9.64 Å². The van der Waals surface area contributed by atoms with Crippen LogP contribution in [0.15, 0.2) is 30.3 Å². The van der Waals surface area contributed by atoms with E-state index in [1.807, 2.05) is 25.1 Å². The highest BCUT2D eigenvalue weighted by atomic mass is 16.5. The molecule has 0 N–H and O–H groups in total. The largest absolute Gasteiger partial charge is 0.463 e. The molecule has 0 spiro atoms. The van der Waals surface area contributed by atoms with Crippen LogP contribution in [0.2, 0.25) is 0 Å². The predicted octanol–water partition coefficient (Wildman–Crippen LogP) is 1.64. The standard InChI is InChI=1S/C16H20N4O2/c1-13-17-15(20-8-11-21-12-9-20)19-16(18-13)22-10-7-14-5-3-2-4-6-14/h2-6H,7-12H2,1H3. The third kappa shape index (κ3) is 3.92. The van der Waals surface area contributed by atoms with E-state index in [0.717, 1.165) is 19.5 Å². The lowest BCUT2D eigenvalue weighted by Crippen LogP contribution is -2.37. The number of hydrogen-bond donors (Lipinski definition) is 0. The molecule has 1 aromatic heterocycles. The second-order valence-corrected chi connectivity index (χ2v) is 5.15. The van der Waals surface area contributed by atoms with Crippen LogP contribution in [-0.4, -0.2) is 47.9 Å². The molecule has 2 heterocycles. The van der Waals surface area contributed by atoms with E-state index in [4.69, 9.17) is 9.47 Å². The number of ether oxygens (including phenoxy) is 2. The fourth-order valence-corrected chi connectivity index (χ4v) is 2.32. The van der Waals surface area contributed by atoms with Gasteiger partial charge in [0, 0.05) is 19.5 Å². The quantitative estimate of drug-likeness (QED) is 0.836. The van der Waals surface area contributed by atoms with E-state index in [0.29, 0.717) is 37.6 Å². The van der Waals surface area contributed by atoms with E-state index >= 15 is 0 Å². The summed E-state index contributed by atoms with van der Waals surface area (Å²) in [5.41, 5.74) is 1.24. The SMILES string of the molecule is Cc1nc(OCCc2ccccc2)nc(N2CCOCC2)n1. The lowest BCUT2D eigenvalue weighted by atomic mass is 10.2. The Morgan fingerprint density at radius 2 is 1.86 bits per heavy atom. The summed E-state index contributed by atoms with van der Waals surface area (Å²) < 4.78 is 11.1. The van der Waals surface area contributed by atoms with Gasteiger partial charge in [0.15, 0.2) is 0 Å². The van der Waals surface area contributed by atoms with Crippen molar-refractivity contribution in [2.45, 2.75) is 13.3 Å². The van der Waals surface area contributed by atoms with Gasteiger partial charge in [0.25, 0.3) is 0 Å². The summed E-state index contributed by atoms with van der Waals surface area (Å²) in [7, 11) is 0. The van der Waals surface area contributed by atoms with Crippen LogP contribution in [0.4, 0.5) is 5.95 Å². The van der Waals surface area contributed by atoms with Crippen molar-refractivity contribution in [1.82, 2.24) is 15.0 Å². The van der Waals surface area contributed by atoms with Crippen molar-refractivity contribution in [2.75, 3.05) is 37.8 Å². The number of morpholine rings is 1. The van der Waals surface area contributed by atoms with Crippen molar-refractivity contribution in [2.24, 2.45) is 0 Å². The van der Waals surface area contributed by atoms with Gasteiger partial charge in [-0.25, -0.2) is 0 Å². The summed E-state index contributed by atoms with van der Waals surface area (Å²) in [5, 5.41) is 0. The number of aromatic nitrogens is 3. The minimum Gasteiger partial charge on any atom is -0.463 e. The van der Waals surface area contributed by atoms with Gasteiger partial charge in [0.2, 0.25) is 5.95 Å². The molecule has 0 radical (unpaired) electrons. The summed E-state index contributed by atoms with van der Waals surface area (Å²) >= 11 is 0. The van der Waals surface area contributed by atoms with Gasteiger partial charge in [-0.2, -0.15) is 15.0 Å². The molecule has 6 heteroatoms. The molecule has 0 unspecified atom stereocenters. The van der Waals surface area contributed by atoms with Crippen LogP contribution in [0.3, 0.4) is 0 Å². The zero-order chi connectivity index (χ0) is 15.2. The molecule has 0 atom stereocenters. The topological polar surface area (TPSA) is 60.4 Å².